The van der Waals surface area contributed by atoms with Crippen LogP contribution in [0.2, 0.25) is 0 Å². The summed E-state index contributed by atoms with van der Waals surface area (Å²) in [4.78, 5) is 18.9. The number of aliphatic hydroxyl groups excluding tert-OH is 2. The van der Waals surface area contributed by atoms with E-state index in [1.54, 1.807) is 35.1 Å². The fraction of sp³-hybridized carbons (Fsp3) is 0.464. The molecule has 2 atom stereocenters. The summed E-state index contributed by atoms with van der Waals surface area (Å²) < 4.78 is 39.9. The summed E-state index contributed by atoms with van der Waals surface area (Å²) in [6.07, 6.45) is 1.20. The molecule has 3 aliphatic rings. The normalized spacial score (nSPS) is 20.9. The van der Waals surface area contributed by atoms with Gasteiger partial charge in [-0.2, -0.15) is 0 Å². The maximum absolute atomic E-state index is 14.0. The molecule has 0 aromatic heterocycles. The molecule has 2 N–H and O–H groups in total. The quantitative estimate of drug-likeness (QED) is 0.615. The average Bonchev–Trinajstić information content (AvgIpc) is 2.91. The van der Waals surface area contributed by atoms with Crippen LogP contribution in [0.1, 0.15) is 53.4 Å². The predicted octanol–water partition coefficient (Wildman–Crippen LogP) is 3.36. The molecule has 0 radical (unpaired) electrons. The second kappa shape index (κ2) is 10.9. The van der Waals surface area contributed by atoms with Crippen LogP contribution in [0.4, 0.5) is 14.5 Å². The molecule has 10 heteroatoms. The number of anilines is 1. The topological polar surface area (TPSA) is 85.7 Å². The van der Waals surface area contributed by atoms with Gasteiger partial charge in [-0.25, -0.2) is 8.78 Å². The summed E-state index contributed by atoms with van der Waals surface area (Å²) in [6.45, 7) is 5.02. The standard InChI is InChI=1S/C28H33F2N3O5/c1-17(31(2)21-14-19(29)13-20(30)15-21)23-11-18(28(36)33-5-3-22(34)4-6-33)12-24-25(35)16-26(38-27(23)24)32-7-9-37-10-8-32/h11-17,22,25,34-35H,3-10H2,1-2H3. The number of aliphatic hydroxyl groups is 2. The Morgan fingerprint density at radius 2 is 1.68 bits per heavy atom. The fourth-order valence-electron chi connectivity index (χ4n) is 5.19. The van der Waals surface area contributed by atoms with E-state index in [0.717, 1.165) is 6.07 Å². The number of piperidine rings is 1. The summed E-state index contributed by atoms with van der Waals surface area (Å²) in [6, 6.07) is 6.22. The maximum Gasteiger partial charge on any atom is 0.253 e. The van der Waals surface area contributed by atoms with E-state index in [4.69, 9.17) is 9.47 Å². The van der Waals surface area contributed by atoms with Crippen LogP contribution < -0.4 is 9.64 Å². The van der Waals surface area contributed by atoms with Crippen LogP contribution in [0, 0.1) is 11.6 Å². The Kier molecular flexibility index (Phi) is 7.56. The SMILES string of the molecule is CC(c1cc(C(=O)N2CCC(O)CC2)cc2c1OC(N1CCOCC1)=CC2O)N(C)c1cc(F)cc(F)c1. The summed E-state index contributed by atoms with van der Waals surface area (Å²) in [5, 5.41) is 21.0. The fourth-order valence-corrected chi connectivity index (χ4v) is 5.19. The van der Waals surface area contributed by atoms with Gasteiger partial charge in [0.25, 0.3) is 5.91 Å². The smallest absolute Gasteiger partial charge is 0.253 e. The van der Waals surface area contributed by atoms with Gasteiger partial charge < -0.3 is 34.4 Å². The van der Waals surface area contributed by atoms with E-state index in [2.05, 4.69) is 0 Å². The Balaban J connectivity index is 1.54. The number of benzene rings is 2. The third kappa shape index (κ3) is 5.34. The summed E-state index contributed by atoms with van der Waals surface area (Å²) >= 11 is 0. The van der Waals surface area contributed by atoms with E-state index in [1.165, 1.54) is 12.1 Å². The number of amides is 1. The first-order valence-corrected chi connectivity index (χ1v) is 13.0. The van der Waals surface area contributed by atoms with E-state index >= 15 is 0 Å². The van der Waals surface area contributed by atoms with E-state index in [9.17, 15) is 23.8 Å². The molecule has 5 rings (SSSR count). The molecular formula is C28H33F2N3O5. The first kappa shape index (κ1) is 26.4. The van der Waals surface area contributed by atoms with E-state index in [-0.39, 0.29) is 5.91 Å². The van der Waals surface area contributed by atoms with Crippen molar-refractivity contribution in [2.75, 3.05) is 51.3 Å². The number of carbonyl (C=O) groups is 1. The maximum atomic E-state index is 14.0. The molecule has 2 aromatic rings. The number of ether oxygens (including phenoxy) is 2. The first-order chi connectivity index (χ1) is 18.2. The zero-order valence-electron chi connectivity index (χ0n) is 21.6. The summed E-state index contributed by atoms with van der Waals surface area (Å²) in [5.41, 5.74) is 1.76. The monoisotopic (exact) mass is 529 g/mol. The Labute approximate surface area is 220 Å². The molecule has 2 aromatic carbocycles. The van der Waals surface area contributed by atoms with Gasteiger partial charge in [0.05, 0.1) is 25.4 Å². The highest BCUT2D eigenvalue weighted by Crippen LogP contribution is 2.42. The number of nitrogens with zero attached hydrogens (tertiary/aromatic N) is 3. The minimum Gasteiger partial charge on any atom is -0.441 e. The largest absolute Gasteiger partial charge is 0.441 e. The molecule has 2 unspecified atom stereocenters. The molecule has 204 valence electrons. The zero-order chi connectivity index (χ0) is 27.0. The van der Waals surface area contributed by atoms with E-state index in [1.807, 2.05) is 11.8 Å². The lowest BCUT2D eigenvalue weighted by Crippen LogP contribution is -2.40. The number of morpholine rings is 1. The molecule has 0 spiro atoms. The van der Waals surface area contributed by atoms with Crippen LogP contribution in [0.25, 0.3) is 0 Å². The van der Waals surface area contributed by atoms with Crippen molar-refractivity contribution in [3.05, 3.63) is 70.6 Å². The number of halogens is 2. The second-order valence-electron chi connectivity index (χ2n) is 10.1. The molecule has 38 heavy (non-hydrogen) atoms. The molecule has 2 saturated heterocycles. The lowest BCUT2D eigenvalue weighted by atomic mass is 9.93. The third-order valence-corrected chi connectivity index (χ3v) is 7.58. The number of hydrogen-bond acceptors (Lipinski definition) is 7. The highest BCUT2D eigenvalue weighted by atomic mass is 19.1. The highest BCUT2D eigenvalue weighted by molar-refractivity contribution is 5.95. The first-order valence-electron chi connectivity index (χ1n) is 13.0. The van der Waals surface area contributed by atoms with Gasteiger partial charge in [0.2, 0.25) is 0 Å². The van der Waals surface area contributed by atoms with Gasteiger partial charge in [-0.15, -0.1) is 0 Å². The van der Waals surface area contributed by atoms with Gasteiger partial charge >= 0.3 is 0 Å². The van der Waals surface area contributed by atoms with Crippen molar-refractivity contribution in [1.29, 1.82) is 0 Å². The number of carbonyl (C=O) groups excluding carboxylic acids is 1. The van der Waals surface area contributed by atoms with Crippen LogP contribution in [-0.2, 0) is 4.74 Å². The Hall–Kier alpha value is -3.21. The average molecular weight is 530 g/mol. The third-order valence-electron chi connectivity index (χ3n) is 7.58. The van der Waals surface area contributed by atoms with Crippen molar-refractivity contribution >= 4 is 11.6 Å². The van der Waals surface area contributed by atoms with Gasteiger partial charge in [-0.1, -0.05) is 0 Å². The summed E-state index contributed by atoms with van der Waals surface area (Å²) in [7, 11) is 1.71. The Morgan fingerprint density at radius 1 is 1.03 bits per heavy atom. The molecule has 0 aliphatic carbocycles. The minimum absolute atomic E-state index is 0.206. The van der Waals surface area contributed by atoms with Crippen LogP contribution in [-0.4, -0.2) is 78.5 Å². The molecular weight excluding hydrogens is 496 g/mol. The van der Waals surface area contributed by atoms with Crippen LogP contribution in [0.15, 0.2) is 42.3 Å². The lowest BCUT2D eigenvalue weighted by molar-refractivity contribution is 0.0307. The van der Waals surface area contributed by atoms with Gasteiger partial charge in [-0.05, 0) is 44.0 Å². The van der Waals surface area contributed by atoms with Crippen molar-refractivity contribution in [2.24, 2.45) is 0 Å². The van der Waals surface area contributed by atoms with Gasteiger partial charge in [-0.3, -0.25) is 4.79 Å². The van der Waals surface area contributed by atoms with Crippen molar-refractivity contribution in [3.63, 3.8) is 0 Å². The van der Waals surface area contributed by atoms with Crippen LogP contribution in [0.3, 0.4) is 0 Å². The van der Waals surface area contributed by atoms with Crippen molar-refractivity contribution in [1.82, 2.24) is 9.80 Å². The van der Waals surface area contributed by atoms with Gasteiger partial charge in [0.15, 0.2) is 5.88 Å². The second-order valence-corrected chi connectivity index (χ2v) is 10.1. The van der Waals surface area contributed by atoms with Crippen molar-refractivity contribution in [3.8, 4) is 5.75 Å². The molecule has 3 aliphatic heterocycles. The number of rotatable bonds is 5. The van der Waals surface area contributed by atoms with Gasteiger partial charge in [0.1, 0.15) is 23.5 Å². The van der Waals surface area contributed by atoms with Crippen LogP contribution >= 0.6 is 0 Å². The lowest BCUT2D eigenvalue weighted by Gasteiger charge is -2.36. The molecule has 2 fully saturated rings. The number of fused-ring (bicyclic) bond motifs is 1. The Morgan fingerprint density at radius 3 is 2.34 bits per heavy atom. The number of likely N-dealkylation sites (tertiary alicyclic amines) is 1. The van der Waals surface area contributed by atoms with E-state index in [0.29, 0.717) is 86.2 Å². The van der Waals surface area contributed by atoms with Crippen LogP contribution in [0.5, 0.6) is 5.75 Å². The Bertz CT molecular complexity index is 1200. The molecule has 0 bridgehead atoms. The summed E-state index contributed by atoms with van der Waals surface area (Å²) in [5.74, 6) is -0.667. The number of hydrogen-bond donors (Lipinski definition) is 2. The van der Waals surface area contributed by atoms with Crippen molar-refractivity contribution < 1.29 is 33.3 Å². The predicted molar refractivity (Wildman–Crippen MR) is 137 cm³/mol. The molecule has 1 amide bonds. The zero-order valence-corrected chi connectivity index (χ0v) is 21.6. The molecule has 8 nitrogen and oxygen atoms in total. The van der Waals surface area contributed by atoms with E-state index < -0.39 is 29.9 Å². The van der Waals surface area contributed by atoms with Gasteiger partial charge in [0, 0.05) is 67.7 Å². The minimum atomic E-state index is -1.02. The molecule has 0 saturated carbocycles. The molecule has 3 heterocycles. The van der Waals surface area contributed by atoms with Crippen molar-refractivity contribution in [2.45, 2.75) is 38.0 Å². The highest BCUT2D eigenvalue weighted by Gasteiger charge is 2.32.